The zero-order valence-electron chi connectivity index (χ0n) is 15.8. The number of rotatable bonds is 4. The number of hydrogen-bond acceptors (Lipinski definition) is 5. The molecule has 0 radical (unpaired) electrons. The molecule has 30 heavy (non-hydrogen) atoms. The molecule has 0 aliphatic carbocycles. The Balaban J connectivity index is 1.64. The first-order valence-electron chi connectivity index (χ1n) is 9.41. The zero-order chi connectivity index (χ0) is 20.5. The van der Waals surface area contributed by atoms with E-state index in [1.807, 2.05) is 60.7 Å². The minimum absolute atomic E-state index is 0.686. The first-order chi connectivity index (χ1) is 14.6. The van der Waals surface area contributed by atoms with E-state index < -0.39 is 0 Å². The Hall–Kier alpha value is -3.28. The topological polar surface area (TPSA) is 63.8 Å². The quantitative estimate of drug-likeness (QED) is 0.240. The number of aromatic nitrogens is 2. The lowest BCUT2D eigenvalue weighted by atomic mass is 10.1. The van der Waals surface area contributed by atoms with E-state index in [1.165, 1.54) is 11.8 Å². The lowest BCUT2D eigenvalue weighted by molar-refractivity contribution is 1.12. The van der Waals surface area contributed by atoms with Crippen LogP contribution < -0.4 is 11.1 Å². The van der Waals surface area contributed by atoms with Gasteiger partial charge in [0.05, 0.1) is 11.0 Å². The average Bonchev–Trinajstić information content (AvgIpc) is 2.74. The molecule has 0 spiro atoms. The van der Waals surface area contributed by atoms with Gasteiger partial charge in [-0.3, -0.25) is 0 Å². The molecule has 146 valence electrons. The van der Waals surface area contributed by atoms with Crippen LogP contribution in [0.3, 0.4) is 0 Å². The van der Waals surface area contributed by atoms with E-state index in [0.717, 1.165) is 37.4 Å². The largest absolute Gasteiger partial charge is 0.399 e. The van der Waals surface area contributed by atoms with Crippen LogP contribution in [0.5, 0.6) is 0 Å². The van der Waals surface area contributed by atoms with Crippen molar-refractivity contribution in [3.8, 4) is 0 Å². The van der Waals surface area contributed by atoms with Gasteiger partial charge in [0.1, 0.15) is 5.03 Å². The molecule has 3 N–H and O–H groups in total. The molecule has 0 saturated heterocycles. The molecule has 0 aliphatic rings. The van der Waals surface area contributed by atoms with Crippen LogP contribution in [-0.4, -0.2) is 9.97 Å². The molecule has 0 atom stereocenters. The molecule has 4 aromatic carbocycles. The monoisotopic (exact) mass is 428 g/mol. The Morgan fingerprint density at radius 1 is 0.767 bits per heavy atom. The summed E-state index contributed by atoms with van der Waals surface area (Å²) in [6, 6.07) is 27.6. The molecule has 1 heterocycles. The number of anilines is 3. The molecule has 0 amide bonds. The van der Waals surface area contributed by atoms with Crippen molar-refractivity contribution >= 4 is 62.4 Å². The fraction of sp³-hybridized carbons (Fsp3) is 0. The second-order valence-corrected chi connectivity index (χ2v) is 8.37. The number of fused-ring (bicyclic) bond motifs is 2. The van der Waals surface area contributed by atoms with E-state index in [4.69, 9.17) is 27.3 Å². The summed E-state index contributed by atoms with van der Waals surface area (Å²) in [6.45, 7) is 0. The SMILES string of the molecule is Nc1cccc(Sc2nc3cc4ccccc4cc3nc2Nc2ccc(Cl)cc2)c1. The Morgan fingerprint density at radius 3 is 2.17 bits per heavy atom. The molecule has 0 bridgehead atoms. The summed E-state index contributed by atoms with van der Waals surface area (Å²) in [4.78, 5) is 10.8. The van der Waals surface area contributed by atoms with E-state index in [0.29, 0.717) is 16.5 Å². The Bertz CT molecular complexity index is 1370. The molecule has 0 saturated carbocycles. The standard InChI is InChI=1S/C24H17ClN4S/c25-17-8-10-19(11-9-17)27-23-24(30-20-7-3-6-18(26)14-20)29-22-13-16-5-2-1-4-15(16)12-21(22)28-23/h1-14H,26H2,(H,27,28). The van der Waals surface area contributed by atoms with Crippen molar-refractivity contribution in [3.63, 3.8) is 0 Å². The number of nitrogens with two attached hydrogens (primary N) is 1. The molecule has 0 aliphatic heterocycles. The van der Waals surface area contributed by atoms with Gasteiger partial charge in [-0.1, -0.05) is 53.7 Å². The summed E-state index contributed by atoms with van der Waals surface area (Å²) < 4.78 is 0. The second kappa shape index (κ2) is 7.86. The van der Waals surface area contributed by atoms with Gasteiger partial charge < -0.3 is 11.1 Å². The number of nitrogens with one attached hydrogen (secondary N) is 1. The van der Waals surface area contributed by atoms with Crippen LogP contribution in [0, 0.1) is 0 Å². The highest BCUT2D eigenvalue weighted by Crippen LogP contribution is 2.35. The van der Waals surface area contributed by atoms with Crippen molar-refractivity contribution in [1.82, 2.24) is 9.97 Å². The molecular weight excluding hydrogens is 412 g/mol. The van der Waals surface area contributed by atoms with Crippen LogP contribution in [0.15, 0.2) is 94.9 Å². The minimum atomic E-state index is 0.686. The number of nitrogens with zero attached hydrogens (tertiary/aromatic N) is 2. The summed E-state index contributed by atoms with van der Waals surface area (Å²) in [5, 5.41) is 7.12. The highest BCUT2D eigenvalue weighted by atomic mass is 35.5. The van der Waals surface area contributed by atoms with Gasteiger partial charge in [-0.25, -0.2) is 9.97 Å². The Morgan fingerprint density at radius 2 is 1.47 bits per heavy atom. The predicted molar refractivity (Wildman–Crippen MR) is 127 cm³/mol. The van der Waals surface area contributed by atoms with E-state index in [-0.39, 0.29) is 0 Å². The third-order valence-corrected chi connectivity index (χ3v) is 5.90. The fourth-order valence-corrected chi connectivity index (χ4v) is 4.27. The van der Waals surface area contributed by atoms with Crippen molar-refractivity contribution in [3.05, 3.63) is 90.0 Å². The first kappa shape index (κ1) is 18.7. The maximum absolute atomic E-state index is 6.03. The second-order valence-electron chi connectivity index (χ2n) is 6.87. The minimum Gasteiger partial charge on any atom is -0.399 e. The number of hydrogen-bond donors (Lipinski definition) is 2. The lowest BCUT2D eigenvalue weighted by Gasteiger charge is -2.12. The van der Waals surface area contributed by atoms with Crippen LogP contribution in [0.25, 0.3) is 21.8 Å². The van der Waals surface area contributed by atoms with Crippen LogP contribution in [0.2, 0.25) is 5.02 Å². The van der Waals surface area contributed by atoms with Crippen molar-refractivity contribution in [2.75, 3.05) is 11.1 Å². The molecule has 0 fully saturated rings. The van der Waals surface area contributed by atoms with Gasteiger partial charge in [-0.05, 0) is 65.4 Å². The van der Waals surface area contributed by atoms with Crippen LogP contribution in [0.4, 0.5) is 17.2 Å². The lowest BCUT2D eigenvalue weighted by Crippen LogP contribution is -1.99. The third kappa shape index (κ3) is 3.90. The van der Waals surface area contributed by atoms with E-state index in [2.05, 4.69) is 29.6 Å². The van der Waals surface area contributed by atoms with Gasteiger partial charge in [0, 0.05) is 21.3 Å². The fourth-order valence-electron chi connectivity index (χ4n) is 3.24. The van der Waals surface area contributed by atoms with Crippen LogP contribution >= 0.6 is 23.4 Å². The summed E-state index contributed by atoms with van der Waals surface area (Å²) in [6.07, 6.45) is 0. The van der Waals surface area contributed by atoms with Gasteiger partial charge in [0.25, 0.3) is 0 Å². The summed E-state index contributed by atoms with van der Waals surface area (Å²) in [5.41, 5.74) is 9.25. The summed E-state index contributed by atoms with van der Waals surface area (Å²) in [5.74, 6) is 0.688. The van der Waals surface area contributed by atoms with Gasteiger partial charge >= 0.3 is 0 Å². The van der Waals surface area contributed by atoms with E-state index >= 15 is 0 Å². The molecule has 4 nitrogen and oxygen atoms in total. The molecule has 6 heteroatoms. The number of nitrogen functional groups attached to an aromatic ring is 1. The maximum atomic E-state index is 6.03. The van der Waals surface area contributed by atoms with Gasteiger partial charge in [-0.2, -0.15) is 0 Å². The molecule has 5 rings (SSSR count). The van der Waals surface area contributed by atoms with Crippen molar-refractivity contribution in [1.29, 1.82) is 0 Å². The van der Waals surface area contributed by atoms with E-state index in [9.17, 15) is 0 Å². The molecule has 1 aromatic heterocycles. The predicted octanol–water partition coefficient (Wildman–Crippen LogP) is 6.91. The molecular formula is C24H17ClN4S. The number of benzene rings is 4. The van der Waals surface area contributed by atoms with Crippen molar-refractivity contribution < 1.29 is 0 Å². The Kier molecular flexibility index (Phi) is 4.91. The van der Waals surface area contributed by atoms with Crippen LogP contribution in [-0.2, 0) is 0 Å². The van der Waals surface area contributed by atoms with Gasteiger partial charge in [-0.15, -0.1) is 0 Å². The van der Waals surface area contributed by atoms with Gasteiger partial charge in [0.2, 0.25) is 0 Å². The van der Waals surface area contributed by atoms with Gasteiger partial charge in [0.15, 0.2) is 5.82 Å². The third-order valence-electron chi connectivity index (χ3n) is 4.68. The molecule has 0 unspecified atom stereocenters. The average molecular weight is 429 g/mol. The van der Waals surface area contributed by atoms with Crippen molar-refractivity contribution in [2.45, 2.75) is 9.92 Å². The van der Waals surface area contributed by atoms with E-state index in [1.54, 1.807) is 0 Å². The zero-order valence-corrected chi connectivity index (χ0v) is 17.4. The maximum Gasteiger partial charge on any atom is 0.164 e. The van der Waals surface area contributed by atoms with Crippen LogP contribution in [0.1, 0.15) is 0 Å². The smallest absolute Gasteiger partial charge is 0.164 e. The number of halogens is 1. The summed E-state index contributed by atoms with van der Waals surface area (Å²) >= 11 is 7.56. The van der Waals surface area contributed by atoms with Crippen molar-refractivity contribution in [2.24, 2.45) is 0 Å². The highest BCUT2D eigenvalue weighted by molar-refractivity contribution is 7.99. The molecule has 5 aromatic rings. The first-order valence-corrected chi connectivity index (χ1v) is 10.6. The Labute approximate surface area is 183 Å². The summed E-state index contributed by atoms with van der Waals surface area (Å²) in [7, 11) is 0. The normalized spacial score (nSPS) is 11.1. The highest BCUT2D eigenvalue weighted by Gasteiger charge is 2.12.